The molecule has 1 aliphatic carbocycles. The number of benzene rings is 3. The SMILES string of the molecule is CCc1ccc2cc3c(cc2c1C(=O)OC)C(=O)c1ccccc1C3=O. The third-order valence-electron chi connectivity index (χ3n) is 4.92. The van der Waals surface area contributed by atoms with Crippen molar-refractivity contribution >= 4 is 28.3 Å². The van der Waals surface area contributed by atoms with Crippen LogP contribution in [0.25, 0.3) is 10.8 Å². The number of hydrogen-bond acceptors (Lipinski definition) is 4. The number of methoxy groups -OCH3 is 1. The Kier molecular flexibility index (Phi) is 3.69. The Hall–Kier alpha value is -3.27. The minimum atomic E-state index is -0.442. The van der Waals surface area contributed by atoms with E-state index in [1.165, 1.54) is 7.11 Å². The summed E-state index contributed by atoms with van der Waals surface area (Å²) in [6.45, 7) is 1.96. The van der Waals surface area contributed by atoms with E-state index in [-0.39, 0.29) is 11.6 Å². The molecule has 0 saturated heterocycles. The smallest absolute Gasteiger partial charge is 0.338 e. The molecule has 26 heavy (non-hydrogen) atoms. The average molecular weight is 344 g/mol. The van der Waals surface area contributed by atoms with E-state index in [1.807, 2.05) is 19.1 Å². The fourth-order valence-corrected chi connectivity index (χ4v) is 3.60. The first-order chi connectivity index (χ1) is 12.6. The maximum absolute atomic E-state index is 12.9. The van der Waals surface area contributed by atoms with Gasteiger partial charge in [-0.3, -0.25) is 9.59 Å². The number of hydrogen-bond donors (Lipinski definition) is 0. The molecule has 0 aromatic heterocycles. The summed E-state index contributed by atoms with van der Waals surface area (Å²) in [6.07, 6.45) is 0.660. The van der Waals surface area contributed by atoms with E-state index in [0.717, 1.165) is 10.9 Å². The van der Waals surface area contributed by atoms with Crippen molar-refractivity contribution in [2.45, 2.75) is 13.3 Å². The zero-order chi connectivity index (χ0) is 18.4. The molecule has 128 valence electrons. The molecule has 0 spiro atoms. The molecule has 0 amide bonds. The van der Waals surface area contributed by atoms with Gasteiger partial charge in [-0.1, -0.05) is 43.3 Å². The molecular formula is C22H16O4. The molecule has 0 saturated carbocycles. The third-order valence-corrected chi connectivity index (χ3v) is 4.92. The number of ketones is 2. The second-order valence-electron chi connectivity index (χ2n) is 6.27. The molecule has 0 aliphatic heterocycles. The van der Waals surface area contributed by atoms with Crippen molar-refractivity contribution in [3.63, 3.8) is 0 Å². The van der Waals surface area contributed by atoms with Gasteiger partial charge < -0.3 is 4.74 Å². The maximum atomic E-state index is 12.9. The molecule has 0 unspecified atom stereocenters. The zero-order valence-corrected chi connectivity index (χ0v) is 14.5. The maximum Gasteiger partial charge on any atom is 0.338 e. The summed E-state index contributed by atoms with van der Waals surface area (Å²) < 4.78 is 4.94. The summed E-state index contributed by atoms with van der Waals surface area (Å²) in [5.74, 6) is -0.812. The van der Waals surface area contributed by atoms with Crippen LogP contribution in [0.3, 0.4) is 0 Å². The summed E-state index contributed by atoms with van der Waals surface area (Å²) in [7, 11) is 1.34. The van der Waals surface area contributed by atoms with Crippen molar-refractivity contribution in [3.05, 3.63) is 81.9 Å². The van der Waals surface area contributed by atoms with E-state index in [4.69, 9.17) is 4.74 Å². The predicted molar refractivity (Wildman–Crippen MR) is 98.0 cm³/mol. The predicted octanol–water partition coefficient (Wildman–Crippen LogP) is 3.96. The molecule has 4 rings (SSSR count). The molecule has 3 aromatic rings. The second-order valence-corrected chi connectivity index (χ2v) is 6.27. The van der Waals surface area contributed by atoms with Crippen molar-refractivity contribution in [3.8, 4) is 0 Å². The van der Waals surface area contributed by atoms with E-state index in [2.05, 4.69) is 0 Å². The normalized spacial score (nSPS) is 12.7. The van der Waals surface area contributed by atoms with Crippen molar-refractivity contribution in [2.24, 2.45) is 0 Å². The lowest BCUT2D eigenvalue weighted by Gasteiger charge is -2.19. The van der Waals surface area contributed by atoms with Gasteiger partial charge in [0.25, 0.3) is 0 Å². The number of ether oxygens (including phenoxy) is 1. The number of aryl methyl sites for hydroxylation is 1. The molecule has 0 bridgehead atoms. The largest absolute Gasteiger partial charge is 0.465 e. The summed E-state index contributed by atoms with van der Waals surface area (Å²) in [5, 5.41) is 1.37. The standard InChI is InChI=1S/C22H16O4/c1-3-12-8-9-13-10-17-18(11-16(13)19(12)22(25)26-2)21(24)15-7-5-4-6-14(15)20(17)23/h4-11H,3H2,1-2H3. The first-order valence-corrected chi connectivity index (χ1v) is 8.43. The van der Waals surface area contributed by atoms with Crippen molar-refractivity contribution in [1.82, 2.24) is 0 Å². The third kappa shape index (κ3) is 2.19. The van der Waals surface area contributed by atoms with E-state index >= 15 is 0 Å². The van der Waals surface area contributed by atoms with E-state index in [0.29, 0.717) is 39.6 Å². The molecular weight excluding hydrogens is 328 g/mol. The topological polar surface area (TPSA) is 60.4 Å². The van der Waals surface area contributed by atoms with Gasteiger partial charge in [-0.2, -0.15) is 0 Å². The average Bonchev–Trinajstić information content (AvgIpc) is 2.69. The fraction of sp³-hybridized carbons (Fsp3) is 0.136. The lowest BCUT2D eigenvalue weighted by atomic mass is 9.82. The van der Waals surface area contributed by atoms with Crippen LogP contribution in [-0.4, -0.2) is 24.6 Å². The van der Waals surface area contributed by atoms with Crippen LogP contribution in [0, 0.1) is 0 Å². The van der Waals surface area contributed by atoms with Crippen LogP contribution in [0.1, 0.15) is 54.7 Å². The molecule has 0 atom stereocenters. The zero-order valence-electron chi connectivity index (χ0n) is 14.5. The molecule has 1 aliphatic rings. The molecule has 4 heteroatoms. The van der Waals surface area contributed by atoms with Gasteiger partial charge in [0, 0.05) is 22.3 Å². The van der Waals surface area contributed by atoms with Crippen LogP contribution in [0.4, 0.5) is 0 Å². The quantitative estimate of drug-likeness (QED) is 0.516. The molecule has 0 fully saturated rings. The van der Waals surface area contributed by atoms with Gasteiger partial charge in [0.2, 0.25) is 0 Å². The van der Waals surface area contributed by atoms with Crippen LogP contribution in [0.5, 0.6) is 0 Å². The summed E-state index contributed by atoms with van der Waals surface area (Å²) in [5.41, 5.74) is 2.83. The van der Waals surface area contributed by atoms with Gasteiger partial charge in [0.1, 0.15) is 0 Å². The van der Waals surface area contributed by atoms with Gasteiger partial charge >= 0.3 is 5.97 Å². The molecule has 0 heterocycles. The highest BCUT2D eigenvalue weighted by Gasteiger charge is 2.30. The number of carbonyl (C=O) groups excluding carboxylic acids is 3. The van der Waals surface area contributed by atoms with Gasteiger partial charge in [0.15, 0.2) is 11.6 Å². The van der Waals surface area contributed by atoms with Gasteiger partial charge in [0.05, 0.1) is 12.7 Å². The van der Waals surface area contributed by atoms with E-state index < -0.39 is 5.97 Å². The Morgan fingerprint density at radius 1 is 0.885 bits per heavy atom. The summed E-state index contributed by atoms with van der Waals surface area (Å²) in [4.78, 5) is 38.1. The van der Waals surface area contributed by atoms with Crippen LogP contribution < -0.4 is 0 Å². The lowest BCUT2D eigenvalue weighted by Crippen LogP contribution is -2.21. The molecule has 0 N–H and O–H groups in total. The highest BCUT2D eigenvalue weighted by atomic mass is 16.5. The van der Waals surface area contributed by atoms with E-state index in [9.17, 15) is 14.4 Å². The summed E-state index contributed by atoms with van der Waals surface area (Å²) >= 11 is 0. The van der Waals surface area contributed by atoms with Gasteiger partial charge in [-0.15, -0.1) is 0 Å². The Bertz CT molecular complexity index is 1110. The highest BCUT2D eigenvalue weighted by molar-refractivity contribution is 6.30. The molecule has 4 nitrogen and oxygen atoms in total. The lowest BCUT2D eigenvalue weighted by molar-refractivity contribution is 0.0601. The van der Waals surface area contributed by atoms with E-state index in [1.54, 1.807) is 36.4 Å². The van der Waals surface area contributed by atoms with Crippen molar-refractivity contribution in [1.29, 1.82) is 0 Å². The van der Waals surface area contributed by atoms with Crippen molar-refractivity contribution in [2.75, 3.05) is 7.11 Å². The number of fused-ring (bicyclic) bond motifs is 3. The molecule has 0 radical (unpaired) electrons. The second kappa shape index (κ2) is 5.92. The minimum Gasteiger partial charge on any atom is -0.465 e. The Morgan fingerprint density at radius 2 is 1.50 bits per heavy atom. The molecule has 3 aromatic carbocycles. The number of carbonyl (C=O) groups is 3. The highest BCUT2D eigenvalue weighted by Crippen LogP contribution is 2.33. The van der Waals surface area contributed by atoms with Crippen LogP contribution in [0.15, 0.2) is 48.5 Å². The Labute approximate surface area is 150 Å². The monoisotopic (exact) mass is 344 g/mol. The van der Waals surface area contributed by atoms with Crippen LogP contribution in [-0.2, 0) is 11.2 Å². The summed E-state index contributed by atoms with van der Waals surface area (Å²) in [6, 6.07) is 13.9. The van der Waals surface area contributed by atoms with Crippen LogP contribution in [0.2, 0.25) is 0 Å². The van der Waals surface area contributed by atoms with Gasteiger partial charge in [-0.25, -0.2) is 4.79 Å². The minimum absolute atomic E-state index is 0.170. The van der Waals surface area contributed by atoms with Crippen molar-refractivity contribution < 1.29 is 19.1 Å². The number of rotatable bonds is 2. The van der Waals surface area contributed by atoms with Gasteiger partial charge in [-0.05, 0) is 34.9 Å². The first-order valence-electron chi connectivity index (χ1n) is 8.43. The fourth-order valence-electron chi connectivity index (χ4n) is 3.60. The van der Waals surface area contributed by atoms with Crippen LogP contribution >= 0.6 is 0 Å². The first kappa shape index (κ1) is 16.2. The Morgan fingerprint density at radius 3 is 2.08 bits per heavy atom. The Balaban J connectivity index is 2.06. The number of esters is 1.